The number of aromatic amines is 1. The molecule has 0 radical (unpaired) electrons. The summed E-state index contributed by atoms with van der Waals surface area (Å²) >= 11 is 0. The number of carbonyl (C=O) groups excluding carboxylic acids is 2. The molecule has 9 nitrogen and oxygen atoms in total. The lowest BCUT2D eigenvalue weighted by atomic mass is 9.95. The number of aromatic nitrogens is 2. The number of esters is 1. The average Bonchev–Trinajstić information content (AvgIpc) is 3.51. The summed E-state index contributed by atoms with van der Waals surface area (Å²) in [4.78, 5) is 27.7. The highest BCUT2D eigenvalue weighted by atomic mass is 16.5. The Balaban J connectivity index is 1.67. The summed E-state index contributed by atoms with van der Waals surface area (Å²) in [5, 5.41) is 7.48. The van der Waals surface area contributed by atoms with Crippen LogP contribution in [0.3, 0.4) is 0 Å². The van der Waals surface area contributed by atoms with Crippen LogP contribution in [0.1, 0.15) is 44.9 Å². The monoisotopic (exact) mass is 513 g/mol. The first-order valence-electron chi connectivity index (χ1n) is 12.1. The fraction of sp³-hybridized carbons (Fsp3) is 0.207. The van der Waals surface area contributed by atoms with Gasteiger partial charge < -0.3 is 18.9 Å². The van der Waals surface area contributed by atoms with Crippen molar-refractivity contribution in [2.75, 3.05) is 32.8 Å². The number of benzene rings is 3. The van der Waals surface area contributed by atoms with Gasteiger partial charge >= 0.3 is 5.97 Å². The maximum absolute atomic E-state index is 13.8. The van der Waals surface area contributed by atoms with Crippen LogP contribution in [0.2, 0.25) is 0 Å². The van der Waals surface area contributed by atoms with Crippen molar-refractivity contribution >= 4 is 17.6 Å². The van der Waals surface area contributed by atoms with Crippen LogP contribution in [0.4, 0.5) is 5.69 Å². The fourth-order valence-electron chi connectivity index (χ4n) is 4.69. The summed E-state index contributed by atoms with van der Waals surface area (Å²) in [5.74, 6) is 1.23. The largest absolute Gasteiger partial charge is 0.497 e. The molecule has 0 saturated heterocycles. The van der Waals surface area contributed by atoms with Crippen LogP contribution < -0.4 is 19.1 Å². The molecule has 1 atom stereocenters. The third-order valence-electron chi connectivity index (χ3n) is 6.52. The van der Waals surface area contributed by atoms with E-state index in [1.54, 1.807) is 63.5 Å². The predicted octanol–water partition coefficient (Wildman–Crippen LogP) is 5.03. The Morgan fingerprint density at radius 3 is 2.24 bits per heavy atom. The Bertz CT molecular complexity index is 1480. The summed E-state index contributed by atoms with van der Waals surface area (Å²) in [6, 6.07) is 19.2. The second-order valence-corrected chi connectivity index (χ2v) is 8.54. The number of rotatable bonds is 8. The number of H-pyrrole nitrogens is 1. The van der Waals surface area contributed by atoms with Gasteiger partial charge in [-0.2, -0.15) is 5.10 Å². The van der Waals surface area contributed by atoms with Crippen molar-refractivity contribution in [3.63, 3.8) is 0 Å². The fourth-order valence-corrected chi connectivity index (χ4v) is 4.69. The van der Waals surface area contributed by atoms with Crippen LogP contribution in [0.5, 0.6) is 17.2 Å². The first-order chi connectivity index (χ1) is 18.5. The van der Waals surface area contributed by atoms with Gasteiger partial charge in [-0.15, -0.1) is 0 Å². The lowest BCUT2D eigenvalue weighted by Crippen LogP contribution is -2.29. The molecule has 1 amide bonds. The molecule has 5 rings (SSSR count). The molecule has 0 bridgehead atoms. The van der Waals surface area contributed by atoms with E-state index in [0.29, 0.717) is 39.9 Å². The summed E-state index contributed by atoms with van der Waals surface area (Å²) in [5.41, 5.74) is 4.34. The number of nitrogens with zero attached hydrogens (tertiary/aromatic N) is 2. The molecule has 1 N–H and O–H groups in total. The quantitative estimate of drug-likeness (QED) is 0.330. The number of hydrogen-bond donors (Lipinski definition) is 1. The van der Waals surface area contributed by atoms with Crippen LogP contribution in [0.15, 0.2) is 66.7 Å². The molecule has 2 heterocycles. The van der Waals surface area contributed by atoms with Crippen LogP contribution in [-0.2, 0) is 4.74 Å². The third kappa shape index (κ3) is 4.21. The zero-order valence-electron chi connectivity index (χ0n) is 21.5. The Morgan fingerprint density at radius 1 is 0.921 bits per heavy atom. The highest BCUT2D eigenvalue weighted by Crippen LogP contribution is 2.48. The third-order valence-corrected chi connectivity index (χ3v) is 6.52. The van der Waals surface area contributed by atoms with Gasteiger partial charge in [0, 0.05) is 28.4 Å². The molecule has 0 saturated carbocycles. The maximum Gasteiger partial charge on any atom is 0.338 e. The van der Waals surface area contributed by atoms with Gasteiger partial charge in [0.15, 0.2) is 0 Å². The van der Waals surface area contributed by atoms with Gasteiger partial charge in [0.1, 0.15) is 22.9 Å². The summed E-state index contributed by atoms with van der Waals surface area (Å²) in [6.07, 6.45) is 0. The molecule has 9 heteroatoms. The van der Waals surface area contributed by atoms with E-state index in [4.69, 9.17) is 18.9 Å². The van der Waals surface area contributed by atoms with Crippen LogP contribution in [0.25, 0.3) is 11.3 Å². The van der Waals surface area contributed by atoms with Crippen molar-refractivity contribution in [1.29, 1.82) is 0 Å². The number of hydrogen-bond acceptors (Lipinski definition) is 7. The molecule has 38 heavy (non-hydrogen) atoms. The Kier molecular flexibility index (Phi) is 6.74. The predicted molar refractivity (Wildman–Crippen MR) is 141 cm³/mol. The van der Waals surface area contributed by atoms with E-state index < -0.39 is 12.0 Å². The zero-order valence-corrected chi connectivity index (χ0v) is 21.5. The number of methoxy groups -OCH3 is 3. The van der Waals surface area contributed by atoms with Gasteiger partial charge in [-0.25, -0.2) is 4.79 Å². The van der Waals surface area contributed by atoms with Crippen molar-refractivity contribution in [3.8, 4) is 28.5 Å². The molecular formula is C29H27N3O6. The number of amides is 1. The first-order valence-corrected chi connectivity index (χ1v) is 12.1. The minimum Gasteiger partial charge on any atom is -0.497 e. The van der Waals surface area contributed by atoms with Gasteiger partial charge in [-0.1, -0.05) is 0 Å². The molecule has 0 aliphatic carbocycles. The SMILES string of the molecule is CCOC(=O)c1ccc(N2C(=O)c3[nH]nc(-c4ccc(OC)cc4)c3[C@H]2c2ccc(OC)cc2OC)cc1. The lowest BCUT2D eigenvalue weighted by Gasteiger charge is -2.28. The average molecular weight is 514 g/mol. The van der Waals surface area contributed by atoms with Crippen molar-refractivity contribution in [1.82, 2.24) is 10.2 Å². The smallest absolute Gasteiger partial charge is 0.338 e. The topological polar surface area (TPSA) is 103 Å². The minimum atomic E-state index is -0.567. The zero-order chi connectivity index (χ0) is 26.8. The number of anilines is 1. The molecule has 4 aromatic rings. The highest BCUT2D eigenvalue weighted by molar-refractivity contribution is 6.12. The number of nitrogens with one attached hydrogen (secondary N) is 1. The van der Waals surface area contributed by atoms with Crippen molar-refractivity contribution in [2.24, 2.45) is 0 Å². The van der Waals surface area contributed by atoms with Gasteiger partial charge in [0.05, 0.1) is 45.2 Å². The van der Waals surface area contributed by atoms with Crippen LogP contribution >= 0.6 is 0 Å². The van der Waals surface area contributed by atoms with Gasteiger partial charge in [0.2, 0.25) is 0 Å². The Hall–Kier alpha value is -4.79. The van der Waals surface area contributed by atoms with E-state index in [0.717, 1.165) is 16.7 Å². The van der Waals surface area contributed by atoms with Crippen molar-refractivity contribution in [3.05, 3.63) is 89.1 Å². The van der Waals surface area contributed by atoms with E-state index in [9.17, 15) is 9.59 Å². The molecular weight excluding hydrogens is 486 g/mol. The Morgan fingerprint density at radius 2 is 1.61 bits per heavy atom. The summed E-state index contributed by atoms with van der Waals surface area (Å²) in [6.45, 7) is 2.03. The van der Waals surface area contributed by atoms with Gasteiger partial charge in [-0.05, 0) is 67.6 Å². The van der Waals surface area contributed by atoms with Crippen LogP contribution in [0, 0.1) is 0 Å². The second-order valence-electron chi connectivity index (χ2n) is 8.54. The highest BCUT2D eigenvalue weighted by Gasteiger charge is 2.44. The molecule has 1 aliphatic heterocycles. The lowest BCUT2D eigenvalue weighted by molar-refractivity contribution is 0.0526. The van der Waals surface area contributed by atoms with Crippen LogP contribution in [-0.4, -0.2) is 50.0 Å². The molecule has 0 spiro atoms. The van der Waals surface area contributed by atoms with E-state index >= 15 is 0 Å². The number of fused-ring (bicyclic) bond motifs is 1. The number of ether oxygens (including phenoxy) is 4. The van der Waals surface area contributed by atoms with E-state index in [1.165, 1.54) is 0 Å². The molecule has 194 valence electrons. The first kappa shape index (κ1) is 24.9. The van der Waals surface area contributed by atoms with E-state index in [1.807, 2.05) is 36.4 Å². The van der Waals surface area contributed by atoms with E-state index in [2.05, 4.69) is 10.2 Å². The summed E-state index contributed by atoms with van der Waals surface area (Å²) in [7, 11) is 4.77. The molecule has 1 aromatic heterocycles. The summed E-state index contributed by atoms with van der Waals surface area (Å²) < 4.78 is 21.5. The molecule has 0 fully saturated rings. The van der Waals surface area contributed by atoms with Gasteiger partial charge in [-0.3, -0.25) is 14.8 Å². The molecule has 0 unspecified atom stereocenters. The standard InChI is InChI=1S/C29H27N3O6/c1-5-38-29(34)18-6-10-19(11-7-18)32-27(22-15-14-21(36-3)16-23(22)37-4)24-25(30-31-26(24)28(32)33)17-8-12-20(35-2)13-9-17/h6-16,27H,5H2,1-4H3,(H,30,31)/t27-/m1/s1. The normalized spacial score (nSPS) is 14.3. The minimum absolute atomic E-state index is 0.251. The van der Waals surface area contributed by atoms with Crippen molar-refractivity contribution in [2.45, 2.75) is 13.0 Å². The maximum atomic E-state index is 13.8. The number of carbonyl (C=O) groups is 2. The molecule has 1 aliphatic rings. The molecule has 3 aromatic carbocycles. The van der Waals surface area contributed by atoms with E-state index in [-0.39, 0.29) is 12.5 Å². The van der Waals surface area contributed by atoms with Gasteiger partial charge in [0.25, 0.3) is 5.91 Å². The van der Waals surface area contributed by atoms with Crippen molar-refractivity contribution < 1.29 is 28.5 Å². The second kappa shape index (κ2) is 10.3. The Labute approximate surface area is 219 Å².